The summed E-state index contributed by atoms with van der Waals surface area (Å²) in [6.45, 7) is 0. The van der Waals surface area contributed by atoms with Crippen LogP contribution in [-0.2, 0) is 9.53 Å². The van der Waals surface area contributed by atoms with Crippen molar-refractivity contribution in [3.63, 3.8) is 0 Å². The van der Waals surface area contributed by atoms with E-state index in [0.29, 0.717) is 23.3 Å². The number of imide groups is 1. The molecule has 1 unspecified atom stereocenters. The van der Waals surface area contributed by atoms with Gasteiger partial charge >= 0.3 is 5.97 Å². The third kappa shape index (κ3) is 2.43. The number of carbonyl (C=O) groups is 3. The molecule has 1 aromatic rings. The Morgan fingerprint density at radius 1 is 1.25 bits per heavy atom. The zero-order valence-electron chi connectivity index (χ0n) is 11.3. The molecule has 0 bridgehead atoms. The summed E-state index contributed by atoms with van der Waals surface area (Å²) in [6.07, 6.45) is 2.29. The Bertz CT molecular complexity index is 523. The average molecular weight is 293 g/mol. The Morgan fingerprint density at radius 2 is 1.80 bits per heavy atom. The van der Waals surface area contributed by atoms with Gasteiger partial charge in [0.05, 0.1) is 18.2 Å². The van der Waals surface area contributed by atoms with Crippen LogP contribution in [0.3, 0.4) is 0 Å². The number of fused-ring (bicyclic) bond motifs is 1. The highest BCUT2D eigenvalue weighted by Gasteiger charge is 2.42. The van der Waals surface area contributed by atoms with Crippen LogP contribution in [0.25, 0.3) is 0 Å². The maximum Gasteiger partial charge on any atom is 0.329 e. The summed E-state index contributed by atoms with van der Waals surface area (Å²) < 4.78 is 4.72. The molecular weight excluding hydrogens is 278 g/mol. The van der Waals surface area contributed by atoms with E-state index >= 15 is 0 Å². The molecule has 1 aliphatic rings. The van der Waals surface area contributed by atoms with Crippen LogP contribution >= 0.6 is 11.8 Å². The number of thioether (sulfide) groups is 1. The fourth-order valence-corrected chi connectivity index (χ4v) is 2.67. The highest BCUT2D eigenvalue weighted by molar-refractivity contribution is 7.98. The summed E-state index contributed by atoms with van der Waals surface area (Å²) in [5, 5.41) is 0. The lowest BCUT2D eigenvalue weighted by atomic mass is 10.1. The molecule has 1 aromatic carbocycles. The Labute approximate surface area is 121 Å². The van der Waals surface area contributed by atoms with Crippen molar-refractivity contribution >= 4 is 29.5 Å². The molecule has 1 atom stereocenters. The number of amides is 2. The van der Waals surface area contributed by atoms with E-state index in [-0.39, 0.29) is 0 Å². The molecule has 20 heavy (non-hydrogen) atoms. The fourth-order valence-electron chi connectivity index (χ4n) is 2.21. The number of rotatable bonds is 5. The summed E-state index contributed by atoms with van der Waals surface area (Å²) in [5.74, 6) is -0.759. The van der Waals surface area contributed by atoms with Gasteiger partial charge in [-0.25, -0.2) is 4.79 Å². The lowest BCUT2D eigenvalue weighted by Crippen LogP contribution is -2.45. The lowest BCUT2D eigenvalue weighted by molar-refractivity contribution is -0.145. The molecule has 1 heterocycles. The largest absolute Gasteiger partial charge is 0.467 e. The second kappa shape index (κ2) is 6.09. The maximum absolute atomic E-state index is 12.3. The van der Waals surface area contributed by atoms with E-state index in [1.807, 2.05) is 6.26 Å². The van der Waals surface area contributed by atoms with E-state index in [4.69, 9.17) is 4.74 Å². The minimum Gasteiger partial charge on any atom is -0.467 e. The molecule has 2 amide bonds. The van der Waals surface area contributed by atoms with Crippen LogP contribution in [0.1, 0.15) is 27.1 Å². The second-order valence-corrected chi connectivity index (χ2v) is 5.33. The maximum atomic E-state index is 12.3. The van der Waals surface area contributed by atoms with Gasteiger partial charge in [0, 0.05) is 0 Å². The van der Waals surface area contributed by atoms with Gasteiger partial charge in [-0.3, -0.25) is 14.5 Å². The lowest BCUT2D eigenvalue weighted by Gasteiger charge is -2.23. The van der Waals surface area contributed by atoms with Crippen molar-refractivity contribution in [2.24, 2.45) is 0 Å². The van der Waals surface area contributed by atoms with Gasteiger partial charge < -0.3 is 4.74 Å². The quantitative estimate of drug-likeness (QED) is 0.609. The Balaban J connectivity index is 2.34. The average Bonchev–Trinajstić information content (AvgIpc) is 2.73. The van der Waals surface area contributed by atoms with Gasteiger partial charge in [-0.1, -0.05) is 12.1 Å². The summed E-state index contributed by atoms with van der Waals surface area (Å²) in [4.78, 5) is 37.5. The first kappa shape index (κ1) is 14.6. The minimum absolute atomic E-state index is 0.343. The summed E-state index contributed by atoms with van der Waals surface area (Å²) in [5.41, 5.74) is 0.686. The summed E-state index contributed by atoms with van der Waals surface area (Å²) >= 11 is 1.55. The molecule has 0 aliphatic carbocycles. The highest BCUT2D eigenvalue weighted by atomic mass is 32.2. The van der Waals surface area contributed by atoms with Crippen LogP contribution in [0, 0.1) is 0 Å². The Kier molecular flexibility index (Phi) is 4.44. The molecule has 1 aliphatic heterocycles. The SMILES string of the molecule is COC(=O)C(CCSC)N1C(=O)c2ccccc2C1=O. The molecule has 0 fully saturated rings. The van der Waals surface area contributed by atoms with Crippen LogP contribution in [0.2, 0.25) is 0 Å². The molecule has 0 aromatic heterocycles. The standard InChI is InChI=1S/C14H15NO4S/c1-19-14(18)11(7-8-20-2)15-12(16)9-5-3-4-6-10(9)13(15)17/h3-6,11H,7-8H2,1-2H3. The van der Waals surface area contributed by atoms with Crippen molar-refractivity contribution in [1.29, 1.82) is 0 Å². The monoisotopic (exact) mass is 293 g/mol. The Hall–Kier alpha value is -1.82. The van der Waals surface area contributed by atoms with Crippen molar-refractivity contribution < 1.29 is 19.1 Å². The Morgan fingerprint density at radius 3 is 2.25 bits per heavy atom. The molecule has 2 rings (SSSR count). The first-order chi connectivity index (χ1) is 9.61. The zero-order chi connectivity index (χ0) is 14.7. The van der Waals surface area contributed by atoms with Crippen LogP contribution < -0.4 is 0 Å². The zero-order valence-corrected chi connectivity index (χ0v) is 12.1. The normalized spacial score (nSPS) is 15.2. The van der Waals surface area contributed by atoms with Gasteiger partial charge in [-0.15, -0.1) is 0 Å². The number of carbonyl (C=O) groups excluding carboxylic acids is 3. The van der Waals surface area contributed by atoms with Gasteiger partial charge in [0.2, 0.25) is 0 Å². The number of methoxy groups -OCH3 is 1. The topological polar surface area (TPSA) is 63.7 Å². The van der Waals surface area contributed by atoms with E-state index in [9.17, 15) is 14.4 Å². The van der Waals surface area contributed by atoms with Crippen LogP contribution in [-0.4, -0.2) is 47.8 Å². The van der Waals surface area contributed by atoms with Crippen LogP contribution in [0.15, 0.2) is 24.3 Å². The third-order valence-electron chi connectivity index (χ3n) is 3.21. The first-order valence-corrected chi connectivity index (χ1v) is 7.55. The van der Waals surface area contributed by atoms with Crippen molar-refractivity contribution in [2.75, 3.05) is 19.1 Å². The summed E-state index contributed by atoms with van der Waals surface area (Å²) in [7, 11) is 1.26. The van der Waals surface area contributed by atoms with Gasteiger partial charge in [-0.2, -0.15) is 11.8 Å². The molecule has 0 N–H and O–H groups in total. The second-order valence-electron chi connectivity index (χ2n) is 4.35. The predicted octanol–water partition coefficient (Wildman–Crippen LogP) is 1.58. The molecular formula is C14H15NO4S. The van der Waals surface area contributed by atoms with Gasteiger partial charge in [-0.05, 0) is 30.6 Å². The number of esters is 1. The number of hydrogen-bond donors (Lipinski definition) is 0. The van der Waals surface area contributed by atoms with Crippen molar-refractivity contribution in [2.45, 2.75) is 12.5 Å². The van der Waals surface area contributed by atoms with Gasteiger partial charge in [0.25, 0.3) is 11.8 Å². The third-order valence-corrected chi connectivity index (χ3v) is 3.85. The van der Waals surface area contributed by atoms with Gasteiger partial charge in [0.1, 0.15) is 6.04 Å². The molecule has 5 nitrogen and oxygen atoms in total. The van der Waals surface area contributed by atoms with Crippen LogP contribution in [0.4, 0.5) is 0 Å². The van der Waals surface area contributed by atoms with Gasteiger partial charge in [0.15, 0.2) is 0 Å². The van der Waals surface area contributed by atoms with E-state index in [0.717, 1.165) is 4.90 Å². The molecule has 0 saturated carbocycles. The highest BCUT2D eigenvalue weighted by Crippen LogP contribution is 2.26. The van der Waals surface area contributed by atoms with E-state index in [2.05, 4.69) is 0 Å². The van der Waals surface area contributed by atoms with E-state index in [1.54, 1.807) is 36.0 Å². The number of benzene rings is 1. The summed E-state index contributed by atoms with van der Waals surface area (Å²) in [6, 6.07) is 5.72. The van der Waals surface area contributed by atoms with Crippen LogP contribution in [0.5, 0.6) is 0 Å². The first-order valence-electron chi connectivity index (χ1n) is 6.15. The van der Waals surface area contributed by atoms with E-state index in [1.165, 1.54) is 7.11 Å². The molecule has 0 spiro atoms. The number of hydrogen-bond acceptors (Lipinski definition) is 5. The van der Waals surface area contributed by atoms with Crippen molar-refractivity contribution in [3.8, 4) is 0 Å². The number of nitrogens with zero attached hydrogens (tertiary/aromatic N) is 1. The molecule has 106 valence electrons. The molecule has 6 heteroatoms. The molecule has 0 radical (unpaired) electrons. The minimum atomic E-state index is -0.861. The number of ether oxygens (including phenoxy) is 1. The van der Waals surface area contributed by atoms with Crippen molar-refractivity contribution in [1.82, 2.24) is 4.90 Å². The molecule has 0 saturated heterocycles. The predicted molar refractivity (Wildman–Crippen MR) is 75.7 cm³/mol. The van der Waals surface area contributed by atoms with E-state index < -0.39 is 23.8 Å². The fraction of sp³-hybridized carbons (Fsp3) is 0.357. The smallest absolute Gasteiger partial charge is 0.329 e. The van der Waals surface area contributed by atoms with Crippen molar-refractivity contribution in [3.05, 3.63) is 35.4 Å².